The van der Waals surface area contributed by atoms with Gasteiger partial charge in [-0.15, -0.1) is 0 Å². The average molecular weight is 181 g/mol. The Morgan fingerprint density at radius 2 is 1.92 bits per heavy atom. The summed E-state index contributed by atoms with van der Waals surface area (Å²) in [4.78, 5) is 0. The summed E-state index contributed by atoms with van der Waals surface area (Å²) in [5, 5.41) is 3.73. The van der Waals surface area contributed by atoms with Crippen molar-refractivity contribution >= 4 is 0 Å². The van der Waals surface area contributed by atoms with Crippen molar-refractivity contribution in [2.24, 2.45) is 11.8 Å². The van der Waals surface area contributed by atoms with E-state index in [-0.39, 0.29) is 0 Å². The van der Waals surface area contributed by atoms with Crippen molar-refractivity contribution < 1.29 is 0 Å². The lowest BCUT2D eigenvalue weighted by Gasteiger charge is -2.23. The van der Waals surface area contributed by atoms with E-state index in [2.05, 4.69) is 19.2 Å². The molecule has 1 heterocycles. The van der Waals surface area contributed by atoms with Gasteiger partial charge in [-0.2, -0.15) is 0 Å². The summed E-state index contributed by atoms with van der Waals surface area (Å²) in [6.07, 6.45) is 8.76. The van der Waals surface area contributed by atoms with E-state index in [1.807, 2.05) is 0 Å². The Morgan fingerprint density at radius 1 is 1.23 bits per heavy atom. The number of rotatable bonds is 2. The Morgan fingerprint density at radius 3 is 2.54 bits per heavy atom. The third kappa shape index (κ3) is 1.90. The molecule has 1 N–H and O–H groups in total. The van der Waals surface area contributed by atoms with Crippen molar-refractivity contribution in [3.63, 3.8) is 0 Å². The molecule has 0 aromatic heterocycles. The molecule has 2 aliphatic rings. The molecule has 1 heteroatoms. The fourth-order valence-corrected chi connectivity index (χ4v) is 3.46. The predicted octanol–water partition coefficient (Wildman–Crippen LogP) is 2.95. The maximum Gasteiger partial charge on any atom is 0.00984 e. The summed E-state index contributed by atoms with van der Waals surface area (Å²) in [5.74, 6) is 2.06. The van der Waals surface area contributed by atoms with Crippen LogP contribution < -0.4 is 5.32 Å². The number of nitrogens with one attached hydrogen (secondary N) is 1. The number of hydrogen-bond acceptors (Lipinski definition) is 1. The fraction of sp³-hybridized carbons (Fsp3) is 1.00. The summed E-state index contributed by atoms with van der Waals surface area (Å²) in [6, 6.07) is 1.61. The molecular formula is C12H23N. The molecule has 1 saturated carbocycles. The third-order valence-corrected chi connectivity index (χ3v) is 4.09. The Labute approximate surface area is 82.3 Å². The second-order valence-electron chi connectivity index (χ2n) is 5.03. The molecule has 0 radical (unpaired) electrons. The molecule has 0 spiro atoms. The lowest BCUT2D eigenvalue weighted by molar-refractivity contribution is 0.299. The molecule has 0 aromatic rings. The molecule has 0 aromatic carbocycles. The van der Waals surface area contributed by atoms with Crippen molar-refractivity contribution in [3.05, 3.63) is 0 Å². The first kappa shape index (κ1) is 9.51. The van der Waals surface area contributed by atoms with Gasteiger partial charge in [0.1, 0.15) is 0 Å². The zero-order valence-corrected chi connectivity index (χ0v) is 9.05. The first-order valence-corrected chi connectivity index (χ1v) is 6.07. The van der Waals surface area contributed by atoms with Gasteiger partial charge in [0.15, 0.2) is 0 Å². The molecule has 0 amide bonds. The van der Waals surface area contributed by atoms with Gasteiger partial charge in [-0.25, -0.2) is 0 Å². The van der Waals surface area contributed by atoms with Crippen LogP contribution in [-0.4, -0.2) is 12.1 Å². The van der Waals surface area contributed by atoms with Gasteiger partial charge in [-0.1, -0.05) is 32.6 Å². The highest BCUT2D eigenvalue weighted by atomic mass is 15.0. The van der Waals surface area contributed by atoms with Crippen LogP contribution in [0.5, 0.6) is 0 Å². The van der Waals surface area contributed by atoms with E-state index in [9.17, 15) is 0 Å². The minimum absolute atomic E-state index is 0.774. The van der Waals surface area contributed by atoms with Crippen molar-refractivity contribution in [2.75, 3.05) is 0 Å². The second kappa shape index (κ2) is 4.00. The van der Waals surface area contributed by atoms with Crippen LogP contribution in [0, 0.1) is 11.8 Å². The van der Waals surface area contributed by atoms with Gasteiger partial charge in [0.05, 0.1) is 0 Å². The van der Waals surface area contributed by atoms with Crippen molar-refractivity contribution in [3.8, 4) is 0 Å². The minimum Gasteiger partial charge on any atom is -0.311 e. The van der Waals surface area contributed by atoms with Crippen molar-refractivity contribution in [1.29, 1.82) is 0 Å². The fourth-order valence-electron chi connectivity index (χ4n) is 3.46. The van der Waals surface area contributed by atoms with Gasteiger partial charge < -0.3 is 5.32 Å². The van der Waals surface area contributed by atoms with Crippen LogP contribution in [0.2, 0.25) is 0 Å². The predicted molar refractivity (Wildman–Crippen MR) is 56.7 cm³/mol. The monoisotopic (exact) mass is 181 g/mol. The molecule has 13 heavy (non-hydrogen) atoms. The molecule has 1 nitrogen and oxygen atoms in total. The maximum atomic E-state index is 3.73. The summed E-state index contributed by atoms with van der Waals surface area (Å²) >= 11 is 0. The smallest absolute Gasteiger partial charge is 0.00984 e. The summed E-state index contributed by atoms with van der Waals surface area (Å²) in [6.45, 7) is 4.68. The van der Waals surface area contributed by atoms with Gasteiger partial charge in [0.2, 0.25) is 0 Å². The van der Waals surface area contributed by atoms with Gasteiger partial charge >= 0.3 is 0 Å². The third-order valence-electron chi connectivity index (χ3n) is 4.09. The zero-order valence-electron chi connectivity index (χ0n) is 9.05. The Bertz CT molecular complexity index is 159. The van der Waals surface area contributed by atoms with E-state index in [4.69, 9.17) is 0 Å². The first-order valence-electron chi connectivity index (χ1n) is 6.07. The highest BCUT2D eigenvalue weighted by Gasteiger charge is 2.36. The first-order chi connectivity index (χ1) is 6.31. The highest BCUT2D eigenvalue weighted by Crippen LogP contribution is 2.39. The van der Waals surface area contributed by atoms with Crippen LogP contribution >= 0.6 is 0 Å². The van der Waals surface area contributed by atoms with Crippen molar-refractivity contribution in [1.82, 2.24) is 5.32 Å². The molecule has 2 rings (SSSR count). The second-order valence-corrected chi connectivity index (χ2v) is 5.03. The minimum atomic E-state index is 0.774. The van der Waals surface area contributed by atoms with E-state index >= 15 is 0 Å². The Balaban J connectivity index is 1.96. The average Bonchev–Trinajstić information content (AvgIpc) is 2.71. The molecule has 3 atom stereocenters. The lowest BCUT2D eigenvalue weighted by Crippen LogP contribution is -2.31. The Hall–Kier alpha value is -0.0400. The molecule has 2 fully saturated rings. The van der Waals surface area contributed by atoms with Crippen LogP contribution in [-0.2, 0) is 0 Å². The summed E-state index contributed by atoms with van der Waals surface area (Å²) in [5.41, 5.74) is 0. The molecule has 76 valence electrons. The van der Waals surface area contributed by atoms with Crippen LogP contribution in [0.1, 0.15) is 52.4 Å². The van der Waals surface area contributed by atoms with Gasteiger partial charge in [-0.05, 0) is 31.6 Å². The van der Waals surface area contributed by atoms with Gasteiger partial charge in [0.25, 0.3) is 0 Å². The zero-order chi connectivity index (χ0) is 9.26. The maximum absolute atomic E-state index is 3.73. The lowest BCUT2D eigenvalue weighted by atomic mass is 9.83. The van der Waals surface area contributed by atoms with E-state index < -0.39 is 0 Å². The topological polar surface area (TPSA) is 12.0 Å². The van der Waals surface area contributed by atoms with E-state index in [0.29, 0.717) is 0 Å². The Kier molecular flexibility index (Phi) is 2.92. The number of hydrogen-bond donors (Lipinski definition) is 1. The largest absolute Gasteiger partial charge is 0.311 e. The van der Waals surface area contributed by atoms with Gasteiger partial charge in [0, 0.05) is 12.1 Å². The highest BCUT2D eigenvalue weighted by molar-refractivity contribution is 4.92. The summed E-state index contributed by atoms with van der Waals surface area (Å²) < 4.78 is 0. The SMILES string of the molecule is CCC1NC(C)CC1C1CCCC1. The quantitative estimate of drug-likeness (QED) is 0.690. The van der Waals surface area contributed by atoms with Gasteiger partial charge in [-0.3, -0.25) is 0 Å². The van der Waals surface area contributed by atoms with Crippen LogP contribution in [0.15, 0.2) is 0 Å². The molecule has 0 bridgehead atoms. The summed E-state index contributed by atoms with van der Waals surface area (Å²) in [7, 11) is 0. The van der Waals surface area contributed by atoms with Crippen LogP contribution in [0.3, 0.4) is 0 Å². The normalized spacial score (nSPS) is 41.5. The van der Waals surface area contributed by atoms with Crippen LogP contribution in [0.4, 0.5) is 0 Å². The molecular weight excluding hydrogens is 158 g/mol. The van der Waals surface area contributed by atoms with E-state index in [0.717, 1.165) is 23.9 Å². The molecule has 1 saturated heterocycles. The molecule has 1 aliphatic heterocycles. The van der Waals surface area contributed by atoms with Crippen molar-refractivity contribution in [2.45, 2.75) is 64.5 Å². The van der Waals surface area contributed by atoms with Crippen LogP contribution in [0.25, 0.3) is 0 Å². The van der Waals surface area contributed by atoms with E-state index in [1.54, 1.807) is 0 Å². The molecule has 1 aliphatic carbocycles. The van der Waals surface area contributed by atoms with E-state index in [1.165, 1.54) is 38.5 Å². The molecule has 3 unspecified atom stereocenters. The standard InChI is InChI=1S/C12H23N/c1-3-12-11(8-9(2)13-12)10-6-4-5-7-10/h9-13H,3-8H2,1-2H3.